The molecule has 6 heteroatoms. The average Bonchev–Trinajstić information content (AvgIpc) is 2.88. The summed E-state index contributed by atoms with van der Waals surface area (Å²) < 4.78 is 7.19. The maximum Gasteiger partial charge on any atom is 0.335 e. The lowest BCUT2D eigenvalue weighted by Gasteiger charge is -2.26. The molecule has 3 rings (SSSR count). The van der Waals surface area contributed by atoms with E-state index in [0.29, 0.717) is 5.56 Å². The molecule has 20 heavy (non-hydrogen) atoms. The lowest BCUT2D eigenvalue weighted by atomic mass is 10.2. The molecular weight excluding hydrogens is 258 g/mol. The second-order valence-corrected chi connectivity index (χ2v) is 4.90. The van der Waals surface area contributed by atoms with Crippen molar-refractivity contribution in [3.63, 3.8) is 0 Å². The highest BCUT2D eigenvalue weighted by molar-refractivity contribution is 5.93. The van der Waals surface area contributed by atoms with E-state index < -0.39 is 5.97 Å². The molecule has 1 saturated heterocycles. The molecule has 1 aliphatic rings. The Bertz CT molecular complexity index is 617. The van der Waals surface area contributed by atoms with Crippen LogP contribution < -0.4 is 0 Å². The third-order valence-corrected chi connectivity index (χ3v) is 3.62. The van der Waals surface area contributed by atoms with Crippen LogP contribution in [-0.4, -0.2) is 58.6 Å². The zero-order valence-electron chi connectivity index (χ0n) is 11.2. The summed E-state index contributed by atoms with van der Waals surface area (Å²) in [4.78, 5) is 13.4. The zero-order valence-corrected chi connectivity index (χ0v) is 11.2. The fraction of sp³-hybridized carbons (Fsp3) is 0.429. The number of carboxylic acid groups (broad SMARTS) is 1. The van der Waals surface area contributed by atoms with Gasteiger partial charge < -0.3 is 9.84 Å². The number of morpholine rings is 1. The van der Waals surface area contributed by atoms with Crippen LogP contribution in [-0.2, 0) is 11.3 Å². The van der Waals surface area contributed by atoms with Gasteiger partial charge in [0.2, 0.25) is 0 Å². The topological polar surface area (TPSA) is 67.6 Å². The fourth-order valence-corrected chi connectivity index (χ4v) is 2.44. The first-order chi connectivity index (χ1) is 9.74. The van der Waals surface area contributed by atoms with Crippen LogP contribution in [0.15, 0.2) is 24.4 Å². The Morgan fingerprint density at radius 3 is 2.85 bits per heavy atom. The molecule has 0 unspecified atom stereocenters. The monoisotopic (exact) mass is 275 g/mol. The first kappa shape index (κ1) is 13.1. The number of fused-ring (bicyclic) bond motifs is 1. The molecule has 1 fully saturated rings. The summed E-state index contributed by atoms with van der Waals surface area (Å²) in [6.07, 6.45) is 1.78. The van der Waals surface area contributed by atoms with Gasteiger partial charge in [-0.3, -0.25) is 9.58 Å². The SMILES string of the molecule is O=C(O)c1ccc2cnn(CCN3CCOCC3)c2c1. The van der Waals surface area contributed by atoms with Crippen molar-refractivity contribution in [1.82, 2.24) is 14.7 Å². The summed E-state index contributed by atoms with van der Waals surface area (Å²) in [6.45, 7) is 5.11. The van der Waals surface area contributed by atoms with Crippen molar-refractivity contribution < 1.29 is 14.6 Å². The Hall–Kier alpha value is -1.92. The lowest BCUT2D eigenvalue weighted by Crippen LogP contribution is -2.38. The summed E-state index contributed by atoms with van der Waals surface area (Å²) >= 11 is 0. The van der Waals surface area contributed by atoms with E-state index in [0.717, 1.165) is 50.3 Å². The fourth-order valence-electron chi connectivity index (χ4n) is 2.44. The summed E-state index contributed by atoms with van der Waals surface area (Å²) in [7, 11) is 0. The van der Waals surface area contributed by atoms with Crippen LogP contribution in [0.1, 0.15) is 10.4 Å². The molecule has 0 spiro atoms. The smallest absolute Gasteiger partial charge is 0.335 e. The van der Waals surface area contributed by atoms with E-state index in [1.165, 1.54) is 0 Å². The van der Waals surface area contributed by atoms with Gasteiger partial charge >= 0.3 is 5.97 Å². The van der Waals surface area contributed by atoms with Gasteiger partial charge in [0.25, 0.3) is 0 Å². The number of aromatic nitrogens is 2. The van der Waals surface area contributed by atoms with Crippen LogP contribution in [0.3, 0.4) is 0 Å². The number of carbonyl (C=O) groups is 1. The molecule has 6 nitrogen and oxygen atoms in total. The lowest BCUT2D eigenvalue weighted by molar-refractivity contribution is 0.0361. The van der Waals surface area contributed by atoms with E-state index in [1.807, 2.05) is 4.68 Å². The molecule has 2 aromatic rings. The number of aromatic carboxylic acids is 1. The Morgan fingerprint density at radius 1 is 1.30 bits per heavy atom. The van der Waals surface area contributed by atoms with Crippen LogP contribution in [0.4, 0.5) is 0 Å². The third-order valence-electron chi connectivity index (χ3n) is 3.62. The minimum Gasteiger partial charge on any atom is -0.478 e. The second kappa shape index (κ2) is 5.60. The highest BCUT2D eigenvalue weighted by Crippen LogP contribution is 2.16. The van der Waals surface area contributed by atoms with Crippen LogP contribution in [0.2, 0.25) is 0 Å². The first-order valence-electron chi connectivity index (χ1n) is 6.73. The second-order valence-electron chi connectivity index (χ2n) is 4.90. The van der Waals surface area contributed by atoms with Crippen molar-refractivity contribution >= 4 is 16.9 Å². The number of hydrogen-bond acceptors (Lipinski definition) is 4. The van der Waals surface area contributed by atoms with E-state index >= 15 is 0 Å². The van der Waals surface area contributed by atoms with Gasteiger partial charge in [0, 0.05) is 25.0 Å². The van der Waals surface area contributed by atoms with E-state index in [2.05, 4.69) is 10.00 Å². The van der Waals surface area contributed by atoms with Crippen molar-refractivity contribution in [2.24, 2.45) is 0 Å². The van der Waals surface area contributed by atoms with E-state index in [9.17, 15) is 4.79 Å². The predicted molar refractivity (Wildman–Crippen MR) is 74.0 cm³/mol. The third kappa shape index (κ3) is 2.66. The Labute approximate surface area is 116 Å². The van der Waals surface area contributed by atoms with E-state index in [1.54, 1.807) is 24.4 Å². The maximum absolute atomic E-state index is 11.0. The molecule has 0 amide bonds. The van der Waals surface area contributed by atoms with Gasteiger partial charge in [0.05, 0.1) is 37.0 Å². The summed E-state index contributed by atoms with van der Waals surface area (Å²) in [6, 6.07) is 5.10. The molecule has 2 heterocycles. The van der Waals surface area contributed by atoms with Crippen molar-refractivity contribution in [2.75, 3.05) is 32.8 Å². The largest absolute Gasteiger partial charge is 0.478 e. The van der Waals surface area contributed by atoms with Crippen LogP contribution >= 0.6 is 0 Å². The Balaban J connectivity index is 1.76. The van der Waals surface area contributed by atoms with Crippen LogP contribution in [0.25, 0.3) is 10.9 Å². The van der Waals surface area contributed by atoms with E-state index in [-0.39, 0.29) is 0 Å². The molecule has 1 aromatic carbocycles. The summed E-state index contributed by atoms with van der Waals surface area (Å²) in [5, 5.41) is 14.4. The minimum absolute atomic E-state index is 0.297. The van der Waals surface area contributed by atoms with Gasteiger partial charge in [-0.05, 0) is 12.1 Å². The van der Waals surface area contributed by atoms with Crippen LogP contribution in [0.5, 0.6) is 0 Å². The average molecular weight is 275 g/mol. The Kier molecular flexibility index (Phi) is 3.66. The molecule has 106 valence electrons. The molecule has 0 atom stereocenters. The molecule has 1 N–H and O–H groups in total. The number of rotatable bonds is 4. The van der Waals surface area contributed by atoms with Gasteiger partial charge in [0.1, 0.15) is 0 Å². The molecular formula is C14H17N3O3. The number of hydrogen-bond donors (Lipinski definition) is 1. The molecule has 1 aromatic heterocycles. The van der Waals surface area contributed by atoms with Gasteiger partial charge in [-0.25, -0.2) is 4.79 Å². The first-order valence-corrected chi connectivity index (χ1v) is 6.73. The number of nitrogens with zero attached hydrogens (tertiary/aromatic N) is 3. The molecule has 0 aliphatic carbocycles. The molecule has 0 radical (unpaired) electrons. The normalized spacial score (nSPS) is 16.6. The van der Waals surface area contributed by atoms with Crippen molar-refractivity contribution in [2.45, 2.75) is 6.54 Å². The minimum atomic E-state index is -0.909. The van der Waals surface area contributed by atoms with Gasteiger partial charge in [0.15, 0.2) is 0 Å². The molecule has 1 aliphatic heterocycles. The maximum atomic E-state index is 11.0. The molecule has 0 saturated carbocycles. The molecule has 0 bridgehead atoms. The van der Waals surface area contributed by atoms with Gasteiger partial charge in [-0.2, -0.15) is 5.10 Å². The summed E-state index contributed by atoms with van der Waals surface area (Å²) in [5.41, 5.74) is 1.17. The Morgan fingerprint density at radius 2 is 2.10 bits per heavy atom. The standard InChI is InChI=1S/C14H17N3O3/c18-14(19)11-1-2-12-10-15-17(13(12)9-11)4-3-16-5-7-20-8-6-16/h1-2,9-10H,3-8H2,(H,18,19). The quantitative estimate of drug-likeness (QED) is 0.904. The number of carboxylic acids is 1. The van der Waals surface area contributed by atoms with Gasteiger partial charge in [-0.15, -0.1) is 0 Å². The van der Waals surface area contributed by atoms with Crippen molar-refractivity contribution in [3.05, 3.63) is 30.0 Å². The number of ether oxygens (including phenoxy) is 1. The zero-order chi connectivity index (χ0) is 13.9. The highest BCUT2D eigenvalue weighted by atomic mass is 16.5. The van der Waals surface area contributed by atoms with Gasteiger partial charge in [-0.1, -0.05) is 6.07 Å². The van der Waals surface area contributed by atoms with E-state index in [4.69, 9.17) is 9.84 Å². The summed E-state index contributed by atoms with van der Waals surface area (Å²) in [5.74, 6) is -0.909. The van der Waals surface area contributed by atoms with Crippen molar-refractivity contribution in [1.29, 1.82) is 0 Å². The predicted octanol–water partition coefficient (Wildman–Crippen LogP) is 1.07. The van der Waals surface area contributed by atoms with Crippen molar-refractivity contribution in [3.8, 4) is 0 Å². The van der Waals surface area contributed by atoms with Crippen LogP contribution in [0, 0.1) is 0 Å². The highest BCUT2D eigenvalue weighted by Gasteiger charge is 2.12. The number of benzene rings is 1.